The molecule has 1 aliphatic heterocycles. The van der Waals surface area contributed by atoms with E-state index in [-0.39, 0.29) is 17.9 Å². The molecule has 1 aromatic carbocycles. The van der Waals surface area contributed by atoms with Gasteiger partial charge in [-0.05, 0) is 17.7 Å². The predicted molar refractivity (Wildman–Crippen MR) is 91.0 cm³/mol. The number of fused-ring (bicyclic) bond motifs is 1. The standard InChI is InChI=1S/C18H14F2N5O2/c19-18(20)8-24(9-18)15(26)7-11-1-3-12(4-2-11)14-6-5-13(16(21)27)17-22-10-23-25(14)17/h1-6H,7-9H2,(H2,21,27). The first-order chi connectivity index (χ1) is 12.8. The quantitative estimate of drug-likeness (QED) is 0.749. The highest BCUT2D eigenvalue weighted by atomic mass is 19.3. The van der Waals surface area contributed by atoms with Gasteiger partial charge in [-0.2, -0.15) is 0 Å². The number of pyridine rings is 1. The molecule has 4 rings (SSSR count). The van der Waals surface area contributed by atoms with Gasteiger partial charge in [0.05, 0.1) is 30.8 Å². The summed E-state index contributed by atoms with van der Waals surface area (Å²) in [5.74, 6) is -3.71. The third-order valence-corrected chi connectivity index (χ3v) is 4.45. The fourth-order valence-corrected chi connectivity index (χ4v) is 3.04. The Hall–Kier alpha value is -3.36. The number of hydrogen-bond acceptors (Lipinski definition) is 4. The van der Waals surface area contributed by atoms with Crippen LogP contribution in [0.2, 0.25) is 0 Å². The zero-order chi connectivity index (χ0) is 19.2. The second-order valence-corrected chi connectivity index (χ2v) is 6.42. The zero-order valence-electron chi connectivity index (χ0n) is 14.0. The average Bonchev–Trinajstić information content (AvgIpc) is 3.09. The molecular weight excluding hydrogens is 356 g/mol. The van der Waals surface area contributed by atoms with Crippen LogP contribution in [0.25, 0.3) is 16.9 Å². The number of benzene rings is 1. The first-order valence-corrected chi connectivity index (χ1v) is 8.15. The van der Waals surface area contributed by atoms with Crippen molar-refractivity contribution in [2.24, 2.45) is 5.73 Å². The van der Waals surface area contributed by atoms with E-state index in [1.165, 1.54) is 4.52 Å². The molecule has 2 aromatic heterocycles. The number of carbonyl (C=O) groups is 2. The van der Waals surface area contributed by atoms with Crippen molar-refractivity contribution in [2.75, 3.05) is 13.1 Å². The number of nitrogens with two attached hydrogens (primary N) is 1. The van der Waals surface area contributed by atoms with E-state index in [4.69, 9.17) is 5.73 Å². The van der Waals surface area contributed by atoms with Crippen LogP contribution < -0.4 is 5.73 Å². The third-order valence-electron chi connectivity index (χ3n) is 4.45. The lowest BCUT2D eigenvalue weighted by Gasteiger charge is -2.38. The largest absolute Gasteiger partial charge is 0.365 e. The van der Waals surface area contributed by atoms with Gasteiger partial charge in [0.15, 0.2) is 5.65 Å². The van der Waals surface area contributed by atoms with Gasteiger partial charge < -0.3 is 10.6 Å². The van der Waals surface area contributed by atoms with Crippen LogP contribution in [-0.2, 0) is 11.2 Å². The van der Waals surface area contributed by atoms with Gasteiger partial charge in [0.1, 0.15) is 0 Å². The average molecular weight is 370 g/mol. The molecule has 0 spiro atoms. The minimum atomic E-state index is -2.77. The predicted octanol–water partition coefficient (Wildman–Crippen LogP) is 1.32. The minimum Gasteiger partial charge on any atom is -0.365 e. The first-order valence-electron chi connectivity index (χ1n) is 8.15. The molecule has 0 atom stereocenters. The number of likely N-dealkylation sites (tertiary alicyclic amines) is 1. The summed E-state index contributed by atoms with van der Waals surface area (Å²) in [4.78, 5) is 28.6. The van der Waals surface area contributed by atoms with E-state index in [1.807, 2.05) is 0 Å². The summed E-state index contributed by atoms with van der Waals surface area (Å²) in [6, 6.07) is 10.3. The summed E-state index contributed by atoms with van der Waals surface area (Å²) >= 11 is 0. The van der Waals surface area contributed by atoms with Gasteiger partial charge >= 0.3 is 0 Å². The molecule has 0 unspecified atom stereocenters. The van der Waals surface area contributed by atoms with Gasteiger partial charge in [0.2, 0.25) is 12.2 Å². The molecule has 3 heterocycles. The summed E-state index contributed by atoms with van der Waals surface area (Å²) in [5, 5.41) is 4.01. The van der Waals surface area contributed by atoms with Crippen molar-refractivity contribution >= 4 is 17.5 Å². The van der Waals surface area contributed by atoms with Gasteiger partial charge in [-0.25, -0.2) is 18.3 Å². The molecule has 7 nitrogen and oxygen atoms in total. The first kappa shape index (κ1) is 17.1. The van der Waals surface area contributed by atoms with Crippen molar-refractivity contribution in [3.8, 4) is 11.3 Å². The van der Waals surface area contributed by atoms with Crippen molar-refractivity contribution in [3.05, 3.63) is 53.9 Å². The molecule has 1 saturated heterocycles. The van der Waals surface area contributed by atoms with Crippen LogP contribution in [0.3, 0.4) is 0 Å². The lowest BCUT2D eigenvalue weighted by molar-refractivity contribution is -0.165. The topological polar surface area (TPSA) is 93.6 Å². The maximum atomic E-state index is 12.9. The Kier molecular flexibility index (Phi) is 3.87. The molecule has 3 aromatic rings. The maximum absolute atomic E-state index is 12.9. The Morgan fingerprint density at radius 1 is 1.15 bits per heavy atom. The second-order valence-electron chi connectivity index (χ2n) is 6.42. The van der Waals surface area contributed by atoms with Gasteiger partial charge in [-0.3, -0.25) is 9.59 Å². The van der Waals surface area contributed by atoms with Crippen LogP contribution >= 0.6 is 0 Å². The highest BCUT2D eigenvalue weighted by Crippen LogP contribution is 2.27. The Bertz CT molecular complexity index is 1040. The molecule has 1 radical (unpaired) electrons. The molecule has 27 heavy (non-hydrogen) atoms. The molecule has 137 valence electrons. The van der Waals surface area contributed by atoms with Crippen molar-refractivity contribution in [3.63, 3.8) is 0 Å². The van der Waals surface area contributed by atoms with E-state index in [9.17, 15) is 18.4 Å². The number of nitrogens with zero attached hydrogens (tertiary/aromatic N) is 4. The van der Waals surface area contributed by atoms with E-state index in [1.54, 1.807) is 36.4 Å². The van der Waals surface area contributed by atoms with Crippen molar-refractivity contribution in [1.82, 2.24) is 19.5 Å². The van der Waals surface area contributed by atoms with Gasteiger partial charge in [-0.15, -0.1) is 5.10 Å². The number of alkyl halides is 2. The minimum absolute atomic E-state index is 0.0590. The fraction of sp³-hybridized carbons (Fsp3) is 0.222. The summed E-state index contributed by atoms with van der Waals surface area (Å²) in [5.41, 5.74) is 8.04. The molecule has 1 fully saturated rings. The van der Waals surface area contributed by atoms with Crippen LogP contribution in [0.1, 0.15) is 15.9 Å². The normalized spacial score (nSPS) is 15.6. The lowest BCUT2D eigenvalue weighted by Crippen LogP contribution is -2.58. The van der Waals surface area contributed by atoms with Crippen LogP contribution in [0.4, 0.5) is 8.78 Å². The number of primary amides is 1. The van der Waals surface area contributed by atoms with E-state index >= 15 is 0 Å². The number of hydrogen-bond donors (Lipinski definition) is 1. The van der Waals surface area contributed by atoms with Gasteiger partial charge in [0.25, 0.3) is 11.8 Å². The van der Waals surface area contributed by atoms with Gasteiger partial charge in [0, 0.05) is 5.56 Å². The number of aromatic nitrogens is 3. The molecule has 0 bridgehead atoms. The smallest absolute Gasteiger partial charge is 0.282 e. The molecule has 0 aliphatic carbocycles. The lowest BCUT2D eigenvalue weighted by atomic mass is 10.0. The number of halogens is 2. The molecular formula is C18H14F2N5O2. The Morgan fingerprint density at radius 3 is 2.48 bits per heavy atom. The number of rotatable bonds is 4. The van der Waals surface area contributed by atoms with Gasteiger partial charge in [-0.1, -0.05) is 24.3 Å². The van der Waals surface area contributed by atoms with Crippen LogP contribution in [0.15, 0.2) is 36.4 Å². The van der Waals surface area contributed by atoms with Crippen LogP contribution in [0.5, 0.6) is 0 Å². The van der Waals surface area contributed by atoms with Crippen LogP contribution in [-0.4, -0.2) is 50.3 Å². The molecule has 0 saturated carbocycles. The Morgan fingerprint density at radius 2 is 1.85 bits per heavy atom. The van der Waals surface area contributed by atoms with E-state index in [0.29, 0.717) is 16.9 Å². The van der Waals surface area contributed by atoms with Crippen molar-refractivity contribution in [2.45, 2.75) is 12.3 Å². The maximum Gasteiger partial charge on any atom is 0.282 e. The fourth-order valence-electron chi connectivity index (χ4n) is 3.04. The Balaban J connectivity index is 1.55. The summed E-state index contributed by atoms with van der Waals surface area (Å²) in [6.45, 7) is -1.03. The molecule has 9 heteroatoms. The van der Waals surface area contributed by atoms with Crippen LogP contribution in [0, 0.1) is 6.33 Å². The van der Waals surface area contributed by atoms with Crippen molar-refractivity contribution in [1.29, 1.82) is 0 Å². The van der Waals surface area contributed by atoms with E-state index in [0.717, 1.165) is 10.5 Å². The SMILES string of the molecule is NC(=O)c1ccc(-c2ccc(CC(=O)N3CC(F)(F)C3)cc2)n2n[c]nc12. The number of carbonyl (C=O) groups excluding carboxylic acids is 2. The molecule has 1 aliphatic rings. The molecule has 2 amide bonds. The molecule has 2 N–H and O–H groups in total. The van der Waals surface area contributed by atoms with E-state index < -0.39 is 24.9 Å². The summed E-state index contributed by atoms with van der Waals surface area (Å²) < 4.78 is 27.2. The highest BCUT2D eigenvalue weighted by molar-refractivity contribution is 5.99. The number of amides is 2. The highest BCUT2D eigenvalue weighted by Gasteiger charge is 2.45. The Labute approximate surface area is 152 Å². The summed E-state index contributed by atoms with van der Waals surface area (Å²) in [6.07, 6.45) is 2.52. The monoisotopic (exact) mass is 370 g/mol. The second kappa shape index (κ2) is 6.11. The zero-order valence-corrected chi connectivity index (χ0v) is 14.0. The third kappa shape index (κ3) is 3.12. The van der Waals surface area contributed by atoms with E-state index in [2.05, 4.69) is 16.4 Å². The summed E-state index contributed by atoms with van der Waals surface area (Å²) in [7, 11) is 0. The van der Waals surface area contributed by atoms with Crippen molar-refractivity contribution < 1.29 is 18.4 Å².